The minimum absolute atomic E-state index is 0.0601. The van der Waals surface area contributed by atoms with E-state index in [0.717, 1.165) is 16.9 Å². The summed E-state index contributed by atoms with van der Waals surface area (Å²) in [4.78, 5) is 24.4. The smallest absolute Gasteiger partial charge is 0.240 e. The summed E-state index contributed by atoms with van der Waals surface area (Å²) in [5, 5.41) is 13.6. The standard InChI is InChI=1S/C21H22N4O3S/c1-13-4-8-16(9-5-13)22-19(26)12-18-20(27)23-21(29-18)25-24-14(2)15-6-10-17(28-3)11-7-15/h4-11,18H,12H2,1-3H3,(H,22,26)(H,23,25,27)/t18-/m1/s1. The molecule has 0 radical (unpaired) electrons. The first-order valence-electron chi connectivity index (χ1n) is 9.05. The molecule has 0 bridgehead atoms. The molecule has 1 aliphatic rings. The van der Waals surface area contributed by atoms with Gasteiger partial charge in [0.15, 0.2) is 5.17 Å². The molecule has 150 valence electrons. The molecule has 29 heavy (non-hydrogen) atoms. The van der Waals surface area contributed by atoms with Gasteiger partial charge in [0.05, 0.1) is 12.8 Å². The van der Waals surface area contributed by atoms with Crippen molar-refractivity contribution in [2.75, 3.05) is 12.4 Å². The maximum Gasteiger partial charge on any atom is 0.240 e. The Balaban J connectivity index is 1.58. The Kier molecular flexibility index (Phi) is 6.66. The number of benzene rings is 2. The molecule has 2 amide bonds. The van der Waals surface area contributed by atoms with Crippen molar-refractivity contribution < 1.29 is 14.3 Å². The lowest BCUT2D eigenvalue weighted by molar-refractivity contribution is -0.122. The molecule has 2 aromatic carbocycles. The third-order valence-electron chi connectivity index (χ3n) is 4.28. The van der Waals surface area contributed by atoms with Gasteiger partial charge < -0.3 is 15.4 Å². The van der Waals surface area contributed by atoms with E-state index < -0.39 is 5.25 Å². The van der Waals surface area contributed by atoms with E-state index in [1.807, 2.05) is 62.4 Å². The van der Waals surface area contributed by atoms with Gasteiger partial charge in [-0.2, -0.15) is 5.10 Å². The van der Waals surface area contributed by atoms with Crippen LogP contribution < -0.4 is 15.4 Å². The molecule has 0 saturated carbocycles. The number of amidine groups is 1. The summed E-state index contributed by atoms with van der Waals surface area (Å²) in [5.74, 6) is 0.295. The Morgan fingerprint density at radius 2 is 1.86 bits per heavy atom. The van der Waals surface area contributed by atoms with E-state index in [2.05, 4.69) is 20.8 Å². The molecular weight excluding hydrogens is 388 g/mol. The maximum atomic E-state index is 12.2. The molecule has 1 heterocycles. The van der Waals surface area contributed by atoms with Gasteiger partial charge in [0, 0.05) is 12.1 Å². The third-order valence-corrected chi connectivity index (χ3v) is 5.35. The Bertz CT molecular complexity index is 953. The first-order valence-corrected chi connectivity index (χ1v) is 9.93. The second kappa shape index (κ2) is 9.38. The Morgan fingerprint density at radius 3 is 2.52 bits per heavy atom. The van der Waals surface area contributed by atoms with Crippen molar-refractivity contribution in [3.05, 3.63) is 59.7 Å². The topological polar surface area (TPSA) is 92.2 Å². The highest BCUT2D eigenvalue weighted by molar-refractivity contribution is 8.15. The SMILES string of the molecule is COc1ccc(C(C)=NN=C2NC(=O)[C@@H](CC(=O)Nc3ccc(C)cc3)S2)cc1. The van der Waals surface area contributed by atoms with Crippen LogP contribution in [0.1, 0.15) is 24.5 Å². The van der Waals surface area contributed by atoms with Crippen LogP contribution in [0, 0.1) is 6.92 Å². The molecule has 0 aromatic heterocycles. The number of nitrogens with one attached hydrogen (secondary N) is 2. The summed E-state index contributed by atoms with van der Waals surface area (Å²) in [6.45, 7) is 3.81. The largest absolute Gasteiger partial charge is 0.497 e. The monoisotopic (exact) mass is 410 g/mol. The number of nitrogens with zero attached hydrogens (tertiary/aromatic N) is 2. The number of amides is 2. The van der Waals surface area contributed by atoms with Crippen molar-refractivity contribution in [3.63, 3.8) is 0 Å². The first-order chi connectivity index (χ1) is 13.9. The maximum absolute atomic E-state index is 12.2. The van der Waals surface area contributed by atoms with Gasteiger partial charge in [-0.1, -0.05) is 29.5 Å². The molecule has 8 heteroatoms. The number of aryl methyl sites for hydroxylation is 1. The van der Waals surface area contributed by atoms with Crippen LogP contribution in [-0.2, 0) is 9.59 Å². The summed E-state index contributed by atoms with van der Waals surface area (Å²) >= 11 is 1.20. The number of hydrogen-bond donors (Lipinski definition) is 2. The molecule has 1 atom stereocenters. The van der Waals surface area contributed by atoms with Gasteiger partial charge in [0.2, 0.25) is 11.8 Å². The van der Waals surface area contributed by atoms with Gasteiger partial charge in [-0.15, -0.1) is 5.10 Å². The fourth-order valence-corrected chi connectivity index (χ4v) is 3.53. The zero-order valence-electron chi connectivity index (χ0n) is 16.4. The molecule has 0 unspecified atom stereocenters. The van der Waals surface area contributed by atoms with Crippen molar-refractivity contribution >= 4 is 40.1 Å². The van der Waals surface area contributed by atoms with Crippen LogP contribution in [0.2, 0.25) is 0 Å². The van der Waals surface area contributed by atoms with Crippen LogP contribution in [0.4, 0.5) is 5.69 Å². The number of carbonyl (C=O) groups excluding carboxylic acids is 2. The van der Waals surface area contributed by atoms with Crippen LogP contribution in [0.15, 0.2) is 58.7 Å². The fraction of sp³-hybridized carbons (Fsp3) is 0.238. The number of thioether (sulfide) groups is 1. The predicted molar refractivity (Wildman–Crippen MR) is 117 cm³/mol. The van der Waals surface area contributed by atoms with E-state index in [9.17, 15) is 9.59 Å². The second-order valence-corrected chi connectivity index (χ2v) is 7.72. The fourth-order valence-electron chi connectivity index (χ4n) is 2.61. The Morgan fingerprint density at radius 1 is 1.17 bits per heavy atom. The van der Waals surface area contributed by atoms with Crippen molar-refractivity contribution in [2.24, 2.45) is 10.2 Å². The molecular formula is C21H22N4O3S. The quantitative estimate of drug-likeness (QED) is 0.564. The van der Waals surface area contributed by atoms with Crippen LogP contribution in [-0.4, -0.2) is 35.1 Å². The lowest BCUT2D eigenvalue weighted by Gasteiger charge is -2.07. The summed E-state index contributed by atoms with van der Waals surface area (Å²) in [6.07, 6.45) is 0.0601. The van der Waals surface area contributed by atoms with E-state index in [0.29, 0.717) is 16.6 Å². The lowest BCUT2D eigenvalue weighted by Crippen LogP contribution is -2.28. The summed E-state index contributed by atoms with van der Waals surface area (Å²) < 4.78 is 5.14. The number of carbonyl (C=O) groups is 2. The zero-order valence-corrected chi connectivity index (χ0v) is 17.2. The molecule has 1 aliphatic heterocycles. The molecule has 0 spiro atoms. The van der Waals surface area contributed by atoms with Gasteiger partial charge in [0.1, 0.15) is 11.0 Å². The van der Waals surface area contributed by atoms with E-state index in [4.69, 9.17) is 4.74 Å². The summed E-state index contributed by atoms with van der Waals surface area (Å²) in [6, 6.07) is 15.0. The zero-order chi connectivity index (χ0) is 20.8. The number of methoxy groups -OCH3 is 1. The summed E-state index contributed by atoms with van der Waals surface area (Å²) in [5.41, 5.74) is 3.42. The van der Waals surface area contributed by atoms with Gasteiger partial charge in [-0.05, 0) is 55.8 Å². The highest BCUT2D eigenvalue weighted by atomic mass is 32.2. The van der Waals surface area contributed by atoms with Crippen molar-refractivity contribution in [1.29, 1.82) is 0 Å². The lowest BCUT2D eigenvalue weighted by atomic mass is 10.1. The van der Waals surface area contributed by atoms with Crippen LogP contribution >= 0.6 is 11.8 Å². The van der Waals surface area contributed by atoms with E-state index >= 15 is 0 Å². The Labute approximate surface area is 173 Å². The summed E-state index contributed by atoms with van der Waals surface area (Å²) in [7, 11) is 1.61. The minimum atomic E-state index is -0.532. The van der Waals surface area contributed by atoms with E-state index in [1.165, 1.54) is 11.8 Å². The van der Waals surface area contributed by atoms with Gasteiger partial charge in [-0.25, -0.2) is 0 Å². The number of anilines is 1. The first kappa shape index (κ1) is 20.6. The minimum Gasteiger partial charge on any atom is -0.497 e. The van der Waals surface area contributed by atoms with E-state index in [1.54, 1.807) is 7.11 Å². The average molecular weight is 410 g/mol. The number of rotatable bonds is 6. The molecule has 3 rings (SSSR count). The number of hydrogen-bond acceptors (Lipinski definition) is 6. The molecule has 0 aliphatic carbocycles. The third kappa shape index (κ3) is 5.68. The highest BCUT2D eigenvalue weighted by Gasteiger charge is 2.32. The van der Waals surface area contributed by atoms with Gasteiger partial charge in [-0.3, -0.25) is 9.59 Å². The van der Waals surface area contributed by atoms with E-state index in [-0.39, 0.29) is 18.2 Å². The molecule has 2 N–H and O–H groups in total. The predicted octanol–water partition coefficient (Wildman–Crippen LogP) is 3.34. The van der Waals surface area contributed by atoms with Crippen molar-refractivity contribution in [3.8, 4) is 5.75 Å². The highest BCUT2D eigenvalue weighted by Crippen LogP contribution is 2.23. The average Bonchev–Trinajstić information content (AvgIpc) is 3.07. The van der Waals surface area contributed by atoms with Crippen LogP contribution in [0.5, 0.6) is 5.75 Å². The number of ether oxygens (including phenoxy) is 1. The van der Waals surface area contributed by atoms with Crippen LogP contribution in [0.3, 0.4) is 0 Å². The molecule has 7 nitrogen and oxygen atoms in total. The second-order valence-electron chi connectivity index (χ2n) is 6.53. The Hall–Kier alpha value is -3.13. The van der Waals surface area contributed by atoms with Crippen molar-refractivity contribution in [1.82, 2.24) is 5.32 Å². The normalized spacial score (nSPS) is 17.9. The van der Waals surface area contributed by atoms with Gasteiger partial charge in [0.25, 0.3) is 0 Å². The molecule has 1 fully saturated rings. The molecule has 1 saturated heterocycles. The molecule has 2 aromatic rings. The van der Waals surface area contributed by atoms with Gasteiger partial charge >= 0.3 is 0 Å². The van der Waals surface area contributed by atoms with Crippen molar-refractivity contribution in [2.45, 2.75) is 25.5 Å². The van der Waals surface area contributed by atoms with Crippen LogP contribution in [0.25, 0.3) is 0 Å².